The number of rotatable bonds is 3. The van der Waals surface area contributed by atoms with E-state index in [0.29, 0.717) is 6.29 Å². The normalized spacial score (nSPS) is 13.7. The summed E-state index contributed by atoms with van der Waals surface area (Å²) in [6, 6.07) is 0. The molecule has 0 aliphatic carbocycles. The van der Waals surface area contributed by atoms with Crippen LogP contribution in [0, 0.1) is 5.92 Å². The van der Waals surface area contributed by atoms with Crippen LogP contribution in [0.1, 0.15) is 20.8 Å². The molecule has 0 spiro atoms. The SMILES string of the molecule is CC(C)(C)OC(=O)C(C=O)CN. The van der Waals surface area contributed by atoms with Crippen molar-refractivity contribution in [2.75, 3.05) is 6.54 Å². The molecule has 0 aliphatic rings. The van der Waals surface area contributed by atoms with E-state index < -0.39 is 17.5 Å². The molecule has 0 aromatic rings. The second-order valence-corrected chi connectivity index (χ2v) is 3.51. The topological polar surface area (TPSA) is 69.4 Å². The van der Waals surface area contributed by atoms with Crippen molar-refractivity contribution in [2.24, 2.45) is 11.7 Å². The highest BCUT2D eigenvalue weighted by atomic mass is 16.6. The Balaban J connectivity index is 4.11. The van der Waals surface area contributed by atoms with Crippen LogP contribution in [0.15, 0.2) is 0 Å². The molecule has 0 bridgehead atoms. The molecular formula is C8H15NO3. The molecule has 2 N–H and O–H groups in total. The van der Waals surface area contributed by atoms with Gasteiger partial charge >= 0.3 is 5.97 Å². The van der Waals surface area contributed by atoms with Crippen molar-refractivity contribution >= 4 is 12.3 Å². The summed E-state index contributed by atoms with van der Waals surface area (Å²) in [7, 11) is 0. The molecule has 0 aromatic heterocycles. The monoisotopic (exact) mass is 173 g/mol. The minimum Gasteiger partial charge on any atom is -0.459 e. The number of hydrogen-bond acceptors (Lipinski definition) is 4. The van der Waals surface area contributed by atoms with Crippen molar-refractivity contribution in [2.45, 2.75) is 26.4 Å². The summed E-state index contributed by atoms with van der Waals surface area (Å²) in [6.07, 6.45) is 0.508. The number of esters is 1. The molecular weight excluding hydrogens is 158 g/mol. The van der Waals surface area contributed by atoms with Gasteiger partial charge in [-0.05, 0) is 20.8 Å². The van der Waals surface area contributed by atoms with E-state index in [1.165, 1.54) is 0 Å². The maximum absolute atomic E-state index is 11.1. The Labute approximate surface area is 72.1 Å². The highest BCUT2D eigenvalue weighted by Gasteiger charge is 2.23. The fourth-order valence-electron chi connectivity index (χ4n) is 0.585. The number of carbonyl (C=O) groups is 2. The van der Waals surface area contributed by atoms with Gasteiger partial charge in [0.25, 0.3) is 0 Å². The van der Waals surface area contributed by atoms with E-state index in [0.717, 1.165) is 0 Å². The fraction of sp³-hybridized carbons (Fsp3) is 0.750. The summed E-state index contributed by atoms with van der Waals surface area (Å²) >= 11 is 0. The Hall–Kier alpha value is -0.900. The van der Waals surface area contributed by atoms with Crippen LogP contribution in [0.2, 0.25) is 0 Å². The van der Waals surface area contributed by atoms with Crippen molar-refractivity contribution in [1.82, 2.24) is 0 Å². The highest BCUT2D eigenvalue weighted by Crippen LogP contribution is 2.09. The lowest BCUT2D eigenvalue weighted by Crippen LogP contribution is -2.33. The molecule has 0 fully saturated rings. The number of ether oxygens (including phenoxy) is 1. The van der Waals surface area contributed by atoms with Crippen LogP contribution in [0.5, 0.6) is 0 Å². The van der Waals surface area contributed by atoms with Crippen LogP contribution < -0.4 is 5.73 Å². The highest BCUT2D eigenvalue weighted by molar-refractivity contribution is 5.88. The lowest BCUT2D eigenvalue weighted by atomic mass is 10.1. The zero-order valence-corrected chi connectivity index (χ0v) is 7.66. The summed E-state index contributed by atoms with van der Waals surface area (Å²) in [6.45, 7) is 5.22. The third-order valence-corrected chi connectivity index (χ3v) is 1.13. The van der Waals surface area contributed by atoms with Gasteiger partial charge < -0.3 is 15.3 Å². The molecule has 70 valence electrons. The zero-order chi connectivity index (χ0) is 9.78. The van der Waals surface area contributed by atoms with Gasteiger partial charge in [0.2, 0.25) is 0 Å². The average Bonchev–Trinajstić information content (AvgIpc) is 1.85. The lowest BCUT2D eigenvalue weighted by Gasteiger charge is -2.21. The summed E-state index contributed by atoms with van der Waals surface area (Å²) in [5, 5.41) is 0. The fourth-order valence-corrected chi connectivity index (χ4v) is 0.585. The van der Waals surface area contributed by atoms with Crippen LogP contribution >= 0.6 is 0 Å². The van der Waals surface area contributed by atoms with Gasteiger partial charge in [-0.1, -0.05) is 0 Å². The summed E-state index contributed by atoms with van der Waals surface area (Å²) in [5.41, 5.74) is 4.61. The van der Waals surface area contributed by atoms with Gasteiger partial charge in [-0.25, -0.2) is 0 Å². The van der Waals surface area contributed by atoms with Gasteiger partial charge in [-0.2, -0.15) is 0 Å². The summed E-state index contributed by atoms with van der Waals surface area (Å²) in [5.74, 6) is -1.38. The second kappa shape index (κ2) is 4.21. The van der Waals surface area contributed by atoms with Crippen molar-refractivity contribution in [3.8, 4) is 0 Å². The van der Waals surface area contributed by atoms with Gasteiger partial charge in [-0.3, -0.25) is 4.79 Å². The van der Waals surface area contributed by atoms with Crippen LogP contribution in [-0.2, 0) is 14.3 Å². The first-order valence-electron chi connectivity index (χ1n) is 3.79. The molecule has 0 heterocycles. The van der Waals surface area contributed by atoms with Crippen molar-refractivity contribution < 1.29 is 14.3 Å². The summed E-state index contributed by atoms with van der Waals surface area (Å²) < 4.78 is 4.93. The molecule has 0 amide bonds. The third kappa shape index (κ3) is 4.08. The molecule has 4 nitrogen and oxygen atoms in total. The van der Waals surface area contributed by atoms with Crippen LogP contribution in [0.4, 0.5) is 0 Å². The molecule has 4 heteroatoms. The van der Waals surface area contributed by atoms with Crippen LogP contribution in [0.3, 0.4) is 0 Å². The van der Waals surface area contributed by atoms with Gasteiger partial charge in [0.1, 0.15) is 17.8 Å². The van der Waals surface area contributed by atoms with Crippen LogP contribution in [0.25, 0.3) is 0 Å². The van der Waals surface area contributed by atoms with E-state index in [1.807, 2.05) is 0 Å². The minimum absolute atomic E-state index is 0.00157. The van der Waals surface area contributed by atoms with E-state index in [-0.39, 0.29) is 6.54 Å². The smallest absolute Gasteiger partial charge is 0.318 e. The lowest BCUT2D eigenvalue weighted by molar-refractivity contribution is -0.159. The molecule has 0 aliphatic heterocycles. The first-order chi connectivity index (χ1) is 5.40. The Bertz CT molecular complexity index is 172. The Morgan fingerprint density at radius 1 is 1.58 bits per heavy atom. The van der Waals surface area contributed by atoms with Gasteiger partial charge in [0.15, 0.2) is 0 Å². The maximum atomic E-state index is 11.1. The first-order valence-corrected chi connectivity index (χ1v) is 3.79. The van der Waals surface area contributed by atoms with Gasteiger partial charge in [0, 0.05) is 6.54 Å². The molecule has 1 atom stereocenters. The van der Waals surface area contributed by atoms with Crippen LogP contribution in [-0.4, -0.2) is 24.4 Å². The molecule has 0 saturated heterocycles. The van der Waals surface area contributed by atoms with Gasteiger partial charge in [0.05, 0.1) is 0 Å². The first kappa shape index (κ1) is 11.1. The van der Waals surface area contributed by atoms with E-state index in [9.17, 15) is 9.59 Å². The standard InChI is InChI=1S/C8H15NO3/c1-8(2,3)12-7(11)6(4-9)5-10/h5-6H,4,9H2,1-3H3. The van der Waals surface area contributed by atoms with E-state index in [1.54, 1.807) is 20.8 Å². The number of nitrogens with two attached hydrogens (primary N) is 1. The Kier molecular flexibility index (Phi) is 3.89. The average molecular weight is 173 g/mol. The molecule has 0 rings (SSSR count). The number of carbonyl (C=O) groups excluding carboxylic acids is 2. The molecule has 0 radical (unpaired) electrons. The van der Waals surface area contributed by atoms with Crippen molar-refractivity contribution in [1.29, 1.82) is 0 Å². The predicted molar refractivity (Wildman–Crippen MR) is 44.5 cm³/mol. The van der Waals surface area contributed by atoms with Gasteiger partial charge in [-0.15, -0.1) is 0 Å². The molecule has 12 heavy (non-hydrogen) atoms. The molecule has 0 aromatic carbocycles. The summed E-state index contributed by atoms with van der Waals surface area (Å²) in [4.78, 5) is 21.4. The van der Waals surface area contributed by atoms with E-state index in [2.05, 4.69) is 0 Å². The minimum atomic E-state index is -0.829. The van der Waals surface area contributed by atoms with E-state index in [4.69, 9.17) is 10.5 Å². The van der Waals surface area contributed by atoms with E-state index >= 15 is 0 Å². The molecule has 1 unspecified atom stereocenters. The number of hydrogen-bond donors (Lipinski definition) is 1. The second-order valence-electron chi connectivity index (χ2n) is 3.51. The Morgan fingerprint density at radius 3 is 2.33 bits per heavy atom. The Morgan fingerprint density at radius 2 is 2.08 bits per heavy atom. The largest absolute Gasteiger partial charge is 0.459 e. The zero-order valence-electron chi connectivity index (χ0n) is 7.66. The van der Waals surface area contributed by atoms with Crippen molar-refractivity contribution in [3.63, 3.8) is 0 Å². The predicted octanol–water partition coefficient (Wildman–Crippen LogP) is 0.102. The molecule has 0 saturated carbocycles. The number of aldehydes is 1. The van der Waals surface area contributed by atoms with Crippen molar-refractivity contribution in [3.05, 3.63) is 0 Å². The maximum Gasteiger partial charge on any atom is 0.318 e. The quantitative estimate of drug-likeness (QED) is 0.373. The third-order valence-electron chi connectivity index (χ3n) is 1.13.